The fourth-order valence-electron chi connectivity index (χ4n) is 5.50. The van der Waals surface area contributed by atoms with Gasteiger partial charge in [0.2, 0.25) is 0 Å². The maximum atomic E-state index is 13.0. The van der Waals surface area contributed by atoms with Crippen LogP contribution in [-0.4, -0.2) is 22.8 Å². The van der Waals surface area contributed by atoms with E-state index >= 15 is 0 Å². The van der Waals surface area contributed by atoms with Crippen LogP contribution in [0.25, 0.3) is 10.8 Å². The van der Waals surface area contributed by atoms with Gasteiger partial charge < -0.3 is 9.84 Å². The zero-order valence-corrected chi connectivity index (χ0v) is 15.7. The van der Waals surface area contributed by atoms with Crippen molar-refractivity contribution in [2.45, 2.75) is 56.7 Å². The molecular formula is C24H26O3. The van der Waals surface area contributed by atoms with E-state index in [1.165, 1.54) is 5.56 Å². The minimum atomic E-state index is -0.323. The van der Waals surface area contributed by atoms with Gasteiger partial charge in [-0.15, -0.1) is 0 Å². The van der Waals surface area contributed by atoms with Crippen molar-refractivity contribution >= 4 is 16.7 Å². The standard InChI is InChI=1S/C24H26O3/c1-24(12-2-3-13-24)27-23(26)20-9-5-6-16-17(20)7-4-8-18(16)21-14-15-10-11-19(21)22(15)25/h4-11,15,19,21-22,25H,2-3,12-14H2,1H3. The molecule has 3 nitrogen and oxygen atoms in total. The Balaban J connectivity index is 1.52. The highest BCUT2D eigenvalue weighted by Crippen LogP contribution is 2.50. The number of esters is 1. The van der Waals surface area contributed by atoms with Crippen molar-refractivity contribution in [3.63, 3.8) is 0 Å². The molecule has 3 heteroatoms. The van der Waals surface area contributed by atoms with Gasteiger partial charge in [0, 0.05) is 11.8 Å². The monoisotopic (exact) mass is 362 g/mol. The first-order valence-corrected chi connectivity index (χ1v) is 10.2. The van der Waals surface area contributed by atoms with Crippen molar-refractivity contribution in [2.24, 2.45) is 11.8 Å². The molecule has 2 aromatic carbocycles. The first-order valence-electron chi connectivity index (χ1n) is 10.2. The fraction of sp³-hybridized carbons (Fsp3) is 0.458. The summed E-state index contributed by atoms with van der Waals surface area (Å²) in [7, 11) is 0. The number of carbonyl (C=O) groups excluding carboxylic acids is 1. The smallest absolute Gasteiger partial charge is 0.339 e. The number of aliphatic hydroxyl groups is 1. The van der Waals surface area contributed by atoms with Crippen LogP contribution in [0.2, 0.25) is 0 Å². The van der Waals surface area contributed by atoms with Crippen LogP contribution in [0, 0.1) is 11.8 Å². The summed E-state index contributed by atoms with van der Waals surface area (Å²) >= 11 is 0. The molecular weight excluding hydrogens is 336 g/mol. The third-order valence-corrected chi connectivity index (χ3v) is 6.98. The molecule has 2 bridgehead atoms. The minimum Gasteiger partial charge on any atom is -0.456 e. The van der Waals surface area contributed by atoms with E-state index in [-0.39, 0.29) is 29.5 Å². The molecule has 2 aromatic rings. The molecule has 3 aliphatic carbocycles. The van der Waals surface area contributed by atoms with E-state index in [1.807, 2.05) is 24.3 Å². The Morgan fingerprint density at radius 3 is 2.52 bits per heavy atom. The van der Waals surface area contributed by atoms with Crippen LogP contribution in [0.4, 0.5) is 0 Å². The number of carbonyl (C=O) groups is 1. The molecule has 0 aliphatic heterocycles. The third-order valence-electron chi connectivity index (χ3n) is 6.98. The molecule has 4 unspecified atom stereocenters. The second-order valence-corrected chi connectivity index (χ2v) is 8.75. The summed E-state index contributed by atoms with van der Waals surface area (Å²) in [5, 5.41) is 12.5. The van der Waals surface area contributed by atoms with Gasteiger partial charge in [-0.05, 0) is 67.3 Å². The largest absolute Gasteiger partial charge is 0.456 e. The Labute approximate surface area is 160 Å². The van der Waals surface area contributed by atoms with Crippen molar-refractivity contribution in [1.29, 1.82) is 0 Å². The quantitative estimate of drug-likeness (QED) is 0.619. The van der Waals surface area contributed by atoms with Crippen molar-refractivity contribution in [3.05, 3.63) is 59.7 Å². The highest BCUT2D eigenvalue weighted by molar-refractivity contribution is 6.05. The van der Waals surface area contributed by atoms with E-state index in [0.717, 1.165) is 42.9 Å². The van der Waals surface area contributed by atoms with Crippen LogP contribution >= 0.6 is 0 Å². The topological polar surface area (TPSA) is 46.5 Å². The van der Waals surface area contributed by atoms with Crippen LogP contribution in [0.1, 0.15) is 60.9 Å². The second kappa shape index (κ2) is 6.20. The lowest BCUT2D eigenvalue weighted by atomic mass is 9.83. The minimum absolute atomic E-state index is 0.189. The number of ether oxygens (including phenoxy) is 1. The molecule has 2 saturated carbocycles. The Bertz CT molecular complexity index is 922. The molecule has 27 heavy (non-hydrogen) atoms. The van der Waals surface area contributed by atoms with E-state index < -0.39 is 0 Å². The van der Waals surface area contributed by atoms with Crippen molar-refractivity contribution in [1.82, 2.24) is 0 Å². The highest BCUT2D eigenvalue weighted by atomic mass is 16.6. The van der Waals surface area contributed by atoms with Crippen molar-refractivity contribution < 1.29 is 14.6 Å². The number of rotatable bonds is 3. The highest BCUT2D eigenvalue weighted by Gasteiger charge is 2.44. The lowest BCUT2D eigenvalue weighted by Gasteiger charge is -2.25. The predicted molar refractivity (Wildman–Crippen MR) is 106 cm³/mol. The summed E-state index contributed by atoms with van der Waals surface area (Å²) < 4.78 is 5.93. The Morgan fingerprint density at radius 1 is 1.07 bits per heavy atom. The lowest BCUT2D eigenvalue weighted by molar-refractivity contribution is -0.00587. The molecule has 0 aromatic heterocycles. The molecule has 0 heterocycles. The SMILES string of the molecule is CC1(OC(=O)c2cccc3c(C4CC5C=CC4C5O)cccc23)CCCC1. The van der Waals surface area contributed by atoms with E-state index in [2.05, 4.69) is 31.2 Å². The zero-order chi connectivity index (χ0) is 18.6. The predicted octanol–water partition coefficient (Wildman–Crippen LogP) is 4.98. The fourth-order valence-corrected chi connectivity index (χ4v) is 5.50. The first-order chi connectivity index (χ1) is 13.1. The van der Waals surface area contributed by atoms with Crippen molar-refractivity contribution in [2.75, 3.05) is 0 Å². The van der Waals surface area contributed by atoms with Gasteiger partial charge in [0.15, 0.2) is 0 Å². The normalized spacial score (nSPS) is 30.9. The van der Waals surface area contributed by atoms with Gasteiger partial charge in [-0.2, -0.15) is 0 Å². The number of fused-ring (bicyclic) bond motifs is 3. The van der Waals surface area contributed by atoms with E-state index in [4.69, 9.17) is 4.74 Å². The van der Waals surface area contributed by atoms with E-state index in [9.17, 15) is 9.90 Å². The summed E-state index contributed by atoms with van der Waals surface area (Å²) in [5.41, 5.74) is 1.57. The van der Waals surface area contributed by atoms with Gasteiger partial charge in [0.25, 0.3) is 0 Å². The van der Waals surface area contributed by atoms with Gasteiger partial charge in [-0.1, -0.05) is 42.5 Å². The summed E-state index contributed by atoms with van der Waals surface area (Å²) in [6, 6.07) is 12.1. The molecule has 3 aliphatic rings. The van der Waals surface area contributed by atoms with Crippen LogP contribution in [0.3, 0.4) is 0 Å². The average molecular weight is 362 g/mol. The Hall–Kier alpha value is -2.13. The number of benzene rings is 2. The molecule has 0 spiro atoms. The average Bonchev–Trinajstić information content (AvgIpc) is 3.35. The molecule has 0 saturated heterocycles. The number of hydrogen-bond acceptors (Lipinski definition) is 3. The first kappa shape index (κ1) is 17.0. The van der Waals surface area contributed by atoms with Gasteiger partial charge in [-0.3, -0.25) is 0 Å². The van der Waals surface area contributed by atoms with Crippen LogP contribution in [-0.2, 0) is 4.74 Å². The van der Waals surface area contributed by atoms with E-state index in [0.29, 0.717) is 11.5 Å². The molecule has 4 atom stereocenters. The maximum absolute atomic E-state index is 13.0. The van der Waals surface area contributed by atoms with Crippen molar-refractivity contribution in [3.8, 4) is 0 Å². The van der Waals surface area contributed by atoms with Gasteiger partial charge >= 0.3 is 5.97 Å². The molecule has 1 N–H and O–H groups in total. The Morgan fingerprint density at radius 2 is 1.81 bits per heavy atom. The van der Waals surface area contributed by atoms with Crippen LogP contribution in [0.5, 0.6) is 0 Å². The Kier molecular flexibility index (Phi) is 3.90. The number of hydrogen-bond donors (Lipinski definition) is 1. The molecule has 0 amide bonds. The zero-order valence-electron chi connectivity index (χ0n) is 15.7. The van der Waals surface area contributed by atoms with E-state index in [1.54, 1.807) is 0 Å². The maximum Gasteiger partial charge on any atom is 0.339 e. The lowest BCUT2D eigenvalue weighted by Crippen LogP contribution is -2.28. The van der Waals surface area contributed by atoms with Crippen LogP contribution in [0.15, 0.2) is 48.6 Å². The summed E-state index contributed by atoms with van der Waals surface area (Å²) in [6.07, 6.45) is 9.19. The summed E-state index contributed by atoms with van der Waals surface area (Å²) in [5.74, 6) is 0.562. The number of aliphatic hydroxyl groups excluding tert-OH is 1. The van der Waals surface area contributed by atoms with Gasteiger partial charge in [0.05, 0.1) is 11.7 Å². The second-order valence-electron chi connectivity index (χ2n) is 8.75. The molecule has 2 fully saturated rings. The molecule has 140 valence electrons. The summed E-state index contributed by atoms with van der Waals surface area (Å²) in [4.78, 5) is 13.0. The van der Waals surface area contributed by atoms with Gasteiger partial charge in [-0.25, -0.2) is 4.79 Å². The third kappa shape index (κ3) is 2.71. The van der Waals surface area contributed by atoms with Crippen LogP contribution < -0.4 is 0 Å². The van der Waals surface area contributed by atoms with Gasteiger partial charge in [0.1, 0.15) is 5.60 Å². The molecule has 5 rings (SSSR count). The molecule has 0 radical (unpaired) electrons. The summed E-state index contributed by atoms with van der Waals surface area (Å²) in [6.45, 7) is 2.05.